The topological polar surface area (TPSA) is 158 Å². The molecule has 2 aromatic heterocycles. The van der Waals surface area contributed by atoms with Crippen LogP contribution in [0.4, 0.5) is 16.6 Å². The molecule has 0 spiro atoms. The van der Waals surface area contributed by atoms with Gasteiger partial charge in [0.1, 0.15) is 16.9 Å². The van der Waals surface area contributed by atoms with Crippen molar-refractivity contribution in [1.29, 1.82) is 0 Å². The first kappa shape index (κ1) is 18.5. The van der Waals surface area contributed by atoms with Gasteiger partial charge in [0.25, 0.3) is 5.91 Å². The van der Waals surface area contributed by atoms with Crippen molar-refractivity contribution in [3.63, 3.8) is 0 Å². The van der Waals surface area contributed by atoms with Crippen LogP contribution in [0.25, 0.3) is 0 Å². The number of anilines is 3. The maximum atomic E-state index is 11.6. The number of aromatic nitrogens is 3. The maximum Gasteiger partial charge on any atom is 0.271 e. The average molecular weight is 365 g/mol. The second kappa shape index (κ2) is 8.35. The molecule has 0 radical (unpaired) electrons. The third kappa shape index (κ3) is 4.84. The first-order valence-electron chi connectivity index (χ1n) is 7.38. The molecule has 6 N–H and O–H groups in total. The van der Waals surface area contributed by atoms with Gasteiger partial charge in [-0.25, -0.2) is 9.97 Å². The van der Waals surface area contributed by atoms with Crippen molar-refractivity contribution in [2.24, 2.45) is 11.5 Å². The van der Waals surface area contributed by atoms with Gasteiger partial charge >= 0.3 is 0 Å². The molecular weight excluding hydrogens is 346 g/mol. The van der Waals surface area contributed by atoms with Crippen molar-refractivity contribution < 1.29 is 14.3 Å². The quantitative estimate of drug-likeness (QED) is 0.503. The average Bonchev–Trinajstić information content (AvgIpc) is 2.99. The largest absolute Gasteiger partial charge is 0.378 e. The number of rotatable bonds is 9. The zero-order valence-electron chi connectivity index (χ0n) is 13.8. The van der Waals surface area contributed by atoms with Crippen molar-refractivity contribution in [2.45, 2.75) is 26.0 Å². The highest BCUT2D eigenvalue weighted by atomic mass is 32.1. The normalized spacial score (nSPS) is 11.8. The molecule has 0 saturated heterocycles. The predicted molar refractivity (Wildman–Crippen MR) is 93.6 cm³/mol. The number of amides is 2. The third-order valence-electron chi connectivity index (χ3n) is 3.17. The molecule has 0 aliphatic rings. The molecule has 0 aliphatic carbocycles. The van der Waals surface area contributed by atoms with Gasteiger partial charge in [0.15, 0.2) is 11.5 Å². The molecule has 0 fully saturated rings. The third-order valence-corrected chi connectivity index (χ3v) is 3.91. The number of carbonyl (C=O) groups excluding carboxylic acids is 2. The minimum Gasteiger partial charge on any atom is -0.378 e. The van der Waals surface area contributed by atoms with E-state index in [0.717, 1.165) is 5.69 Å². The monoisotopic (exact) mass is 365 g/mol. The van der Waals surface area contributed by atoms with Crippen LogP contribution in [0.5, 0.6) is 0 Å². The summed E-state index contributed by atoms with van der Waals surface area (Å²) < 4.78 is 9.21. The Kier molecular flexibility index (Phi) is 6.19. The molecule has 1 atom stereocenters. The SMILES string of the molecule is CCC(Nc1cnc(C(N)=O)c(Nc2cc(COC)ns2)n1)C(N)=O. The molecule has 2 amide bonds. The van der Waals surface area contributed by atoms with E-state index in [2.05, 4.69) is 25.0 Å². The highest BCUT2D eigenvalue weighted by Crippen LogP contribution is 2.24. The Bertz CT molecular complexity index is 765. The first-order chi connectivity index (χ1) is 11.9. The minimum absolute atomic E-state index is 0.0284. The van der Waals surface area contributed by atoms with Crippen molar-refractivity contribution in [1.82, 2.24) is 14.3 Å². The molecule has 11 heteroatoms. The number of nitrogens with two attached hydrogens (primary N) is 2. The van der Waals surface area contributed by atoms with Crippen molar-refractivity contribution in [2.75, 3.05) is 17.7 Å². The maximum absolute atomic E-state index is 11.6. The number of nitrogens with one attached hydrogen (secondary N) is 2. The lowest BCUT2D eigenvalue weighted by atomic mass is 10.2. The molecule has 1 unspecified atom stereocenters. The number of ether oxygens (including phenoxy) is 1. The Morgan fingerprint density at radius 1 is 1.40 bits per heavy atom. The molecule has 2 aromatic rings. The van der Waals surface area contributed by atoms with E-state index in [0.29, 0.717) is 23.8 Å². The Labute approximate surface area is 148 Å². The van der Waals surface area contributed by atoms with Gasteiger partial charge in [-0.3, -0.25) is 9.59 Å². The number of carbonyl (C=O) groups is 2. The number of primary amides is 2. The molecule has 0 aromatic carbocycles. The van der Waals surface area contributed by atoms with E-state index in [9.17, 15) is 9.59 Å². The smallest absolute Gasteiger partial charge is 0.271 e. The van der Waals surface area contributed by atoms with Gasteiger partial charge in [0.05, 0.1) is 18.5 Å². The van der Waals surface area contributed by atoms with Crippen LogP contribution in [0, 0.1) is 0 Å². The zero-order valence-corrected chi connectivity index (χ0v) is 14.6. The zero-order chi connectivity index (χ0) is 18.4. The van der Waals surface area contributed by atoms with Crippen LogP contribution in [-0.2, 0) is 16.1 Å². The van der Waals surface area contributed by atoms with Crippen LogP contribution in [0.3, 0.4) is 0 Å². The van der Waals surface area contributed by atoms with Gasteiger partial charge < -0.3 is 26.8 Å². The lowest BCUT2D eigenvalue weighted by molar-refractivity contribution is -0.118. The van der Waals surface area contributed by atoms with Crippen LogP contribution in [0.1, 0.15) is 29.5 Å². The summed E-state index contributed by atoms with van der Waals surface area (Å²) in [4.78, 5) is 31.2. The van der Waals surface area contributed by atoms with E-state index in [1.807, 2.05) is 0 Å². The summed E-state index contributed by atoms with van der Waals surface area (Å²) in [6.07, 6.45) is 1.80. The van der Waals surface area contributed by atoms with E-state index in [1.165, 1.54) is 17.7 Å². The minimum atomic E-state index is -0.731. The van der Waals surface area contributed by atoms with Crippen LogP contribution in [-0.4, -0.2) is 39.3 Å². The summed E-state index contributed by atoms with van der Waals surface area (Å²) >= 11 is 1.18. The Morgan fingerprint density at radius 3 is 2.76 bits per heavy atom. The number of methoxy groups -OCH3 is 1. The molecular formula is C14H19N7O3S. The Morgan fingerprint density at radius 2 is 2.16 bits per heavy atom. The molecule has 25 heavy (non-hydrogen) atoms. The number of hydrogen-bond donors (Lipinski definition) is 4. The van der Waals surface area contributed by atoms with Crippen molar-refractivity contribution in [3.05, 3.63) is 23.7 Å². The molecule has 10 nitrogen and oxygen atoms in total. The van der Waals surface area contributed by atoms with Crippen LogP contribution in [0.15, 0.2) is 12.3 Å². The van der Waals surface area contributed by atoms with Crippen LogP contribution < -0.4 is 22.1 Å². The Hall–Kier alpha value is -2.79. The fourth-order valence-electron chi connectivity index (χ4n) is 1.98. The van der Waals surface area contributed by atoms with E-state index in [4.69, 9.17) is 16.2 Å². The van der Waals surface area contributed by atoms with E-state index in [-0.39, 0.29) is 11.5 Å². The summed E-state index contributed by atoms with van der Waals surface area (Å²) in [5.74, 6) is -0.793. The van der Waals surface area contributed by atoms with Gasteiger partial charge in [0, 0.05) is 7.11 Å². The van der Waals surface area contributed by atoms with E-state index in [1.54, 1.807) is 20.1 Å². The fraction of sp³-hybridized carbons (Fsp3) is 0.357. The van der Waals surface area contributed by atoms with Gasteiger partial charge in [-0.05, 0) is 24.0 Å². The Balaban J connectivity index is 2.27. The molecule has 0 aliphatic heterocycles. The lowest BCUT2D eigenvalue weighted by Crippen LogP contribution is -2.35. The van der Waals surface area contributed by atoms with Crippen molar-refractivity contribution >= 4 is 40.0 Å². The molecule has 0 saturated carbocycles. The van der Waals surface area contributed by atoms with Gasteiger partial charge in [-0.15, -0.1) is 0 Å². The second-order valence-corrected chi connectivity index (χ2v) is 5.87. The lowest BCUT2D eigenvalue weighted by Gasteiger charge is -2.15. The van der Waals surface area contributed by atoms with Crippen molar-refractivity contribution in [3.8, 4) is 0 Å². The van der Waals surface area contributed by atoms with Gasteiger partial charge in [0.2, 0.25) is 5.91 Å². The molecule has 2 rings (SSSR count). The summed E-state index contributed by atoms with van der Waals surface area (Å²) in [7, 11) is 1.57. The van der Waals surface area contributed by atoms with Gasteiger partial charge in [-0.2, -0.15) is 4.37 Å². The highest BCUT2D eigenvalue weighted by Gasteiger charge is 2.17. The molecule has 134 valence electrons. The number of hydrogen-bond acceptors (Lipinski definition) is 9. The van der Waals surface area contributed by atoms with E-state index < -0.39 is 17.9 Å². The van der Waals surface area contributed by atoms with Gasteiger partial charge in [-0.1, -0.05) is 6.92 Å². The molecule has 2 heterocycles. The summed E-state index contributed by atoms with van der Waals surface area (Å²) in [6, 6.07) is 1.16. The number of nitrogens with zero attached hydrogens (tertiary/aromatic N) is 3. The van der Waals surface area contributed by atoms with E-state index >= 15 is 0 Å². The second-order valence-electron chi connectivity index (χ2n) is 5.06. The highest BCUT2D eigenvalue weighted by molar-refractivity contribution is 7.10. The first-order valence-corrected chi connectivity index (χ1v) is 8.16. The molecule has 0 bridgehead atoms. The summed E-state index contributed by atoms with van der Waals surface area (Å²) in [5, 5.41) is 6.48. The summed E-state index contributed by atoms with van der Waals surface area (Å²) in [6.45, 7) is 2.17. The predicted octanol–water partition coefficient (Wildman–Crippen LogP) is 0.598. The fourth-order valence-corrected chi connectivity index (χ4v) is 2.63. The van der Waals surface area contributed by atoms with Crippen LogP contribution >= 0.6 is 11.5 Å². The van der Waals surface area contributed by atoms with Crippen LogP contribution in [0.2, 0.25) is 0 Å². The standard InChI is InChI=1S/C14H19N7O3S/c1-3-8(12(15)22)18-9-5-17-11(13(16)23)14(19-9)20-10-4-7(6-24-2)21-25-10/h4-5,8H,3,6H2,1-2H3,(H2,15,22)(H2,16,23)(H2,18,19,20). The summed E-state index contributed by atoms with van der Waals surface area (Å²) in [5.41, 5.74) is 11.4.